The average molecular weight is 380 g/mol. The number of halogens is 2. The van der Waals surface area contributed by atoms with Gasteiger partial charge in [0.2, 0.25) is 0 Å². The molecule has 0 aliphatic carbocycles. The standard InChI is InChI=1S/C17H11Cl2NO3S/c18-11-5-6-12-13(7-11)24-15(14(12)19)16(21)20-8-9-1-3-10(4-2-9)17(22)23/h1-7H,8H2,(H,20,21)(H,22,23). The molecule has 2 N–H and O–H groups in total. The van der Waals surface area contributed by atoms with Gasteiger partial charge in [0, 0.05) is 21.7 Å². The van der Waals surface area contributed by atoms with E-state index in [1.54, 1.807) is 30.3 Å². The molecule has 0 saturated heterocycles. The molecule has 0 aliphatic heterocycles. The van der Waals surface area contributed by atoms with Gasteiger partial charge in [-0.2, -0.15) is 0 Å². The molecule has 1 amide bonds. The minimum absolute atomic E-state index is 0.203. The molecular formula is C17H11Cl2NO3S. The Hall–Kier alpha value is -2.08. The zero-order valence-electron chi connectivity index (χ0n) is 12.2. The summed E-state index contributed by atoms with van der Waals surface area (Å²) in [5, 5.41) is 13.4. The van der Waals surface area contributed by atoms with Crippen molar-refractivity contribution in [2.24, 2.45) is 0 Å². The number of fused-ring (bicyclic) bond motifs is 1. The molecule has 4 nitrogen and oxygen atoms in total. The monoisotopic (exact) mass is 379 g/mol. The zero-order valence-corrected chi connectivity index (χ0v) is 14.5. The summed E-state index contributed by atoms with van der Waals surface area (Å²) in [6.45, 7) is 0.282. The Morgan fingerprint density at radius 1 is 1.08 bits per heavy atom. The summed E-state index contributed by atoms with van der Waals surface area (Å²) in [6.07, 6.45) is 0. The van der Waals surface area contributed by atoms with Crippen molar-refractivity contribution >= 4 is 56.5 Å². The first-order valence-electron chi connectivity index (χ1n) is 6.93. The van der Waals surface area contributed by atoms with E-state index in [0.29, 0.717) is 14.9 Å². The summed E-state index contributed by atoms with van der Waals surface area (Å²) >= 11 is 13.5. The van der Waals surface area contributed by atoms with Crippen molar-refractivity contribution in [2.45, 2.75) is 6.54 Å². The lowest BCUT2D eigenvalue weighted by atomic mass is 10.1. The predicted molar refractivity (Wildman–Crippen MR) is 96.4 cm³/mol. The fraction of sp³-hybridized carbons (Fsp3) is 0.0588. The van der Waals surface area contributed by atoms with Crippen molar-refractivity contribution in [3.8, 4) is 0 Å². The Balaban J connectivity index is 1.75. The Morgan fingerprint density at radius 3 is 2.46 bits per heavy atom. The van der Waals surface area contributed by atoms with Crippen LogP contribution in [0.1, 0.15) is 25.6 Å². The van der Waals surface area contributed by atoms with Crippen molar-refractivity contribution in [2.75, 3.05) is 0 Å². The van der Waals surface area contributed by atoms with E-state index in [2.05, 4.69) is 5.32 Å². The van der Waals surface area contributed by atoms with Crippen molar-refractivity contribution in [3.63, 3.8) is 0 Å². The number of benzene rings is 2. The minimum Gasteiger partial charge on any atom is -0.478 e. The van der Waals surface area contributed by atoms with Gasteiger partial charge in [-0.3, -0.25) is 4.79 Å². The first-order chi connectivity index (χ1) is 11.5. The van der Waals surface area contributed by atoms with Crippen molar-refractivity contribution < 1.29 is 14.7 Å². The third-order valence-electron chi connectivity index (χ3n) is 3.45. The molecule has 0 bridgehead atoms. The van der Waals surface area contributed by atoms with Crippen LogP contribution in [0.3, 0.4) is 0 Å². The number of carbonyl (C=O) groups is 2. The Kier molecular flexibility index (Phi) is 4.76. The number of hydrogen-bond acceptors (Lipinski definition) is 3. The van der Waals surface area contributed by atoms with E-state index >= 15 is 0 Å². The van der Waals surface area contributed by atoms with Gasteiger partial charge in [0.1, 0.15) is 4.88 Å². The molecule has 0 aliphatic rings. The lowest BCUT2D eigenvalue weighted by molar-refractivity contribution is 0.0696. The highest BCUT2D eigenvalue weighted by Crippen LogP contribution is 2.36. The molecule has 24 heavy (non-hydrogen) atoms. The van der Waals surface area contributed by atoms with Crippen LogP contribution in [-0.2, 0) is 6.54 Å². The molecule has 0 spiro atoms. The second-order valence-electron chi connectivity index (χ2n) is 5.07. The molecule has 0 atom stereocenters. The van der Waals surface area contributed by atoms with E-state index in [0.717, 1.165) is 15.6 Å². The van der Waals surface area contributed by atoms with Gasteiger partial charge in [0.15, 0.2) is 0 Å². The molecule has 1 aromatic heterocycles. The lowest BCUT2D eigenvalue weighted by Crippen LogP contribution is -2.22. The van der Waals surface area contributed by atoms with E-state index in [4.69, 9.17) is 28.3 Å². The van der Waals surface area contributed by atoms with E-state index < -0.39 is 5.97 Å². The third kappa shape index (κ3) is 3.38. The van der Waals surface area contributed by atoms with Gasteiger partial charge in [-0.25, -0.2) is 4.79 Å². The highest BCUT2D eigenvalue weighted by atomic mass is 35.5. The van der Waals surface area contributed by atoms with E-state index in [1.807, 2.05) is 0 Å². The molecule has 7 heteroatoms. The van der Waals surface area contributed by atoms with Gasteiger partial charge >= 0.3 is 5.97 Å². The maximum Gasteiger partial charge on any atom is 0.335 e. The van der Waals surface area contributed by atoms with Crippen molar-refractivity contribution in [1.29, 1.82) is 0 Å². The summed E-state index contributed by atoms with van der Waals surface area (Å²) in [6, 6.07) is 11.6. The largest absolute Gasteiger partial charge is 0.478 e. The van der Waals surface area contributed by atoms with Crippen LogP contribution in [0.25, 0.3) is 10.1 Å². The fourth-order valence-corrected chi connectivity index (χ4v) is 3.92. The number of carbonyl (C=O) groups excluding carboxylic acids is 1. The normalized spacial score (nSPS) is 10.8. The Bertz CT molecular complexity index is 935. The van der Waals surface area contributed by atoms with Crippen LogP contribution < -0.4 is 5.32 Å². The molecule has 122 valence electrons. The summed E-state index contributed by atoms with van der Waals surface area (Å²) in [5.41, 5.74) is 1.00. The number of thiophene rings is 1. The van der Waals surface area contributed by atoms with E-state index in [9.17, 15) is 9.59 Å². The van der Waals surface area contributed by atoms with Gasteiger partial charge in [0.05, 0.1) is 10.6 Å². The van der Waals surface area contributed by atoms with Crippen LogP contribution in [0, 0.1) is 0 Å². The van der Waals surface area contributed by atoms with Crippen LogP contribution in [0.4, 0.5) is 0 Å². The van der Waals surface area contributed by atoms with Crippen LogP contribution in [0.15, 0.2) is 42.5 Å². The molecular weight excluding hydrogens is 369 g/mol. The lowest BCUT2D eigenvalue weighted by Gasteiger charge is -2.05. The van der Waals surface area contributed by atoms with E-state index in [-0.39, 0.29) is 18.0 Å². The van der Waals surface area contributed by atoms with Gasteiger partial charge < -0.3 is 10.4 Å². The quantitative estimate of drug-likeness (QED) is 0.681. The molecule has 1 heterocycles. The number of carboxylic acid groups (broad SMARTS) is 1. The highest BCUT2D eigenvalue weighted by molar-refractivity contribution is 7.21. The van der Waals surface area contributed by atoms with Gasteiger partial charge in [-0.05, 0) is 29.8 Å². The maximum absolute atomic E-state index is 12.4. The molecule has 3 aromatic rings. The second kappa shape index (κ2) is 6.81. The number of hydrogen-bond donors (Lipinski definition) is 2. The first kappa shape index (κ1) is 16.8. The number of nitrogens with one attached hydrogen (secondary N) is 1. The smallest absolute Gasteiger partial charge is 0.335 e. The molecule has 0 unspecified atom stereocenters. The summed E-state index contributed by atoms with van der Waals surface area (Å²) in [7, 11) is 0. The van der Waals surface area contributed by atoms with Gasteiger partial charge in [-0.1, -0.05) is 41.4 Å². The molecule has 0 fully saturated rings. The summed E-state index contributed by atoms with van der Waals surface area (Å²) in [5.74, 6) is -1.26. The van der Waals surface area contributed by atoms with Crippen LogP contribution in [-0.4, -0.2) is 17.0 Å². The van der Waals surface area contributed by atoms with E-state index in [1.165, 1.54) is 23.5 Å². The van der Waals surface area contributed by atoms with Crippen molar-refractivity contribution in [1.82, 2.24) is 5.32 Å². The summed E-state index contributed by atoms with van der Waals surface area (Å²) in [4.78, 5) is 23.6. The molecule has 2 aromatic carbocycles. The highest BCUT2D eigenvalue weighted by Gasteiger charge is 2.17. The Morgan fingerprint density at radius 2 is 1.79 bits per heavy atom. The molecule has 0 saturated carbocycles. The number of carboxylic acids is 1. The van der Waals surface area contributed by atoms with Gasteiger partial charge in [0.25, 0.3) is 5.91 Å². The Labute approximate surface area is 151 Å². The molecule has 3 rings (SSSR count). The van der Waals surface area contributed by atoms with Crippen LogP contribution in [0.5, 0.6) is 0 Å². The topological polar surface area (TPSA) is 66.4 Å². The maximum atomic E-state index is 12.4. The predicted octanol–water partition coefficient (Wildman–Crippen LogP) is 4.84. The average Bonchev–Trinajstić information content (AvgIpc) is 2.89. The van der Waals surface area contributed by atoms with Crippen LogP contribution >= 0.6 is 34.5 Å². The fourth-order valence-electron chi connectivity index (χ4n) is 2.21. The SMILES string of the molecule is O=C(O)c1ccc(CNC(=O)c2sc3cc(Cl)ccc3c2Cl)cc1. The number of amides is 1. The summed E-state index contributed by atoms with van der Waals surface area (Å²) < 4.78 is 0.850. The minimum atomic E-state index is -0.985. The number of rotatable bonds is 4. The molecule has 0 radical (unpaired) electrons. The first-order valence-corrected chi connectivity index (χ1v) is 8.51. The second-order valence-corrected chi connectivity index (χ2v) is 6.94. The zero-order chi connectivity index (χ0) is 17.3. The van der Waals surface area contributed by atoms with Crippen LogP contribution in [0.2, 0.25) is 10.0 Å². The van der Waals surface area contributed by atoms with Crippen molar-refractivity contribution in [3.05, 3.63) is 68.5 Å². The van der Waals surface area contributed by atoms with Gasteiger partial charge in [-0.15, -0.1) is 11.3 Å². The number of aromatic carboxylic acids is 1. The third-order valence-corrected chi connectivity index (χ3v) is 5.34.